The Morgan fingerprint density at radius 3 is 2.19 bits per heavy atom. The van der Waals surface area contributed by atoms with Crippen molar-refractivity contribution in [2.45, 2.75) is 44.2 Å². The van der Waals surface area contributed by atoms with E-state index < -0.39 is 22.0 Å². The number of benzene rings is 1. The van der Waals surface area contributed by atoms with Crippen molar-refractivity contribution in [1.82, 2.24) is 19.6 Å². The van der Waals surface area contributed by atoms with E-state index in [0.29, 0.717) is 4.90 Å². The fraction of sp³-hybridized carbons (Fsp3) is 0.320. The summed E-state index contributed by atoms with van der Waals surface area (Å²) in [6.07, 6.45) is 7.05. The number of piperidine rings is 1. The molecule has 0 unspecified atom stereocenters. The molecule has 194 valence electrons. The average Bonchev–Trinajstić information content (AvgIpc) is 3.36. The van der Waals surface area contributed by atoms with Crippen LogP contribution in [0, 0.1) is 0 Å². The Morgan fingerprint density at radius 1 is 1.03 bits per heavy atom. The Labute approximate surface area is 211 Å². The van der Waals surface area contributed by atoms with Crippen molar-refractivity contribution in [2.75, 3.05) is 13.1 Å². The summed E-state index contributed by atoms with van der Waals surface area (Å²) >= 11 is 0. The molecular formula is C25H32N4O6S. The Morgan fingerprint density at radius 2 is 1.64 bits per heavy atom. The number of aromatic nitrogens is 2. The molecule has 0 aliphatic carbocycles. The van der Waals surface area contributed by atoms with Crippen LogP contribution in [0.3, 0.4) is 0 Å². The summed E-state index contributed by atoms with van der Waals surface area (Å²) in [6, 6.07) is 14.9. The molecule has 36 heavy (non-hydrogen) atoms. The number of hydrogen-bond acceptors (Lipinski definition) is 6. The van der Waals surface area contributed by atoms with Gasteiger partial charge in [-0.1, -0.05) is 12.1 Å². The molecule has 1 fully saturated rings. The largest absolute Gasteiger partial charge is 0.481 e. The van der Waals surface area contributed by atoms with Crippen LogP contribution in [0.5, 0.6) is 0 Å². The molecule has 3 aromatic rings. The van der Waals surface area contributed by atoms with Crippen molar-refractivity contribution in [3.05, 3.63) is 72.7 Å². The molecule has 0 saturated carbocycles. The van der Waals surface area contributed by atoms with Gasteiger partial charge >= 0.3 is 0 Å². The molecule has 4 N–H and O–H groups in total. The Bertz CT molecular complexity index is 1170. The third kappa shape index (κ3) is 10.4. The minimum absolute atomic E-state index is 0.0344. The second-order valence-corrected chi connectivity index (χ2v) is 9.89. The van der Waals surface area contributed by atoms with Crippen LogP contribution in [0.15, 0.2) is 72.0 Å². The number of carboxylic acid groups (broad SMARTS) is 2. The van der Waals surface area contributed by atoms with E-state index in [9.17, 15) is 8.42 Å². The zero-order chi connectivity index (χ0) is 26.6. The number of aromatic amines is 1. The van der Waals surface area contributed by atoms with Gasteiger partial charge in [-0.25, -0.2) is 13.1 Å². The molecule has 0 atom stereocenters. The minimum atomic E-state index is -3.54. The highest BCUT2D eigenvalue weighted by atomic mass is 32.2. The fourth-order valence-corrected chi connectivity index (χ4v) is 4.93. The van der Waals surface area contributed by atoms with E-state index in [4.69, 9.17) is 19.8 Å². The van der Waals surface area contributed by atoms with Gasteiger partial charge in [0.2, 0.25) is 10.0 Å². The van der Waals surface area contributed by atoms with Gasteiger partial charge < -0.3 is 15.2 Å². The van der Waals surface area contributed by atoms with E-state index in [-0.39, 0.29) is 6.04 Å². The van der Waals surface area contributed by atoms with Gasteiger partial charge in [0.1, 0.15) is 0 Å². The van der Waals surface area contributed by atoms with E-state index in [1.54, 1.807) is 30.6 Å². The van der Waals surface area contributed by atoms with Crippen LogP contribution in [0.4, 0.5) is 0 Å². The number of nitrogens with one attached hydrogen (secondary N) is 2. The summed E-state index contributed by atoms with van der Waals surface area (Å²) in [5.74, 6) is -1.67. The van der Waals surface area contributed by atoms with Crippen molar-refractivity contribution in [3.63, 3.8) is 0 Å². The van der Waals surface area contributed by atoms with Crippen LogP contribution in [0.1, 0.15) is 32.3 Å². The van der Waals surface area contributed by atoms with E-state index in [1.165, 1.54) is 5.56 Å². The van der Waals surface area contributed by atoms with Gasteiger partial charge in [-0.15, -0.1) is 0 Å². The number of carbonyl (C=O) groups is 2. The Hall–Kier alpha value is -3.54. The molecule has 0 bridgehead atoms. The maximum atomic E-state index is 12.9. The first-order chi connectivity index (χ1) is 17.1. The predicted molar refractivity (Wildman–Crippen MR) is 136 cm³/mol. The lowest BCUT2D eigenvalue weighted by atomic mass is 10.1. The molecule has 0 radical (unpaired) electrons. The second-order valence-electron chi connectivity index (χ2n) is 8.18. The number of carboxylic acids is 2. The smallest absolute Gasteiger partial charge is 0.300 e. The third-order valence-electron chi connectivity index (χ3n) is 5.12. The molecule has 1 aliphatic heterocycles. The molecular weight excluding hydrogens is 484 g/mol. The van der Waals surface area contributed by atoms with Crippen LogP contribution >= 0.6 is 0 Å². The van der Waals surface area contributed by atoms with Gasteiger partial charge in [0.15, 0.2) is 0 Å². The summed E-state index contributed by atoms with van der Waals surface area (Å²) in [6.45, 7) is 4.79. The Kier molecular flexibility index (Phi) is 11.3. The van der Waals surface area contributed by atoms with E-state index in [1.807, 2.05) is 36.5 Å². The second kappa shape index (κ2) is 14.1. The number of nitrogens with zero attached hydrogens (tertiary/aromatic N) is 2. The molecule has 1 aromatic carbocycles. The first-order valence-corrected chi connectivity index (χ1v) is 12.8. The first kappa shape index (κ1) is 28.7. The molecule has 2 aromatic heterocycles. The van der Waals surface area contributed by atoms with Crippen molar-refractivity contribution in [2.24, 2.45) is 0 Å². The van der Waals surface area contributed by atoms with E-state index in [2.05, 4.69) is 19.6 Å². The molecule has 1 saturated heterocycles. The number of rotatable bonds is 6. The zero-order valence-corrected chi connectivity index (χ0v) is 21.1. The SMILES string of the molecule is CC(=O)O.CC(=O)O.O=S(=O)(NC1CCN(Cc2ccncc2)CC1)c1cccc(-c2ccc[nH]2)c1. The normalized spacial score (nSPS) is 14.1. The summed E-state index contributed by atoms with van der Waals surface area (Å²) in [5.41, 5.74) is 3.00. The lowest BCUT2D eigenvalue weighted by Crippen LogP contribution is -2.44. The maximum absolute atomic E-state index is 12.9. The van der Waals surface area contributed by atoms with Crippen LogP contribution in [-0.2, 0) is 26.2 Å². The molecule has 4 rings (SSSR count). The summed E-state index contributed by atoms with van der Waals surface area (Å²) < 4.78 is 28.6. The number of sulfonamides is 1. The summed E-state index contributed by atoms with van der Waals surface area (Å²) in [7, 11) is -3.54. The lowest BCUT2D eigenvalue weighted by molar-refractivity contribution is -0.135. The number of hydrogen-bond donors (Lipinski definition) is 4. The van der Waals surface area contributed by atoms with Crippen LogP contribution in [0.2, 0.25) is 0 Å². The first-order valence-electron chi connectivity index (χ1n) is 11.3. The van der Waals surface area contributed by atoms with Crippen LogP contribution in [0.25, 0.3) is 11.3 Å². The third-order valence-corrected chi connectivity index (χ3v) is 6.64. The van der Waals surface area contributed by atoms with Crippen LogP contribution in [-0.4, -0.2) is 64.6 Å². The van der Waals surface area contributed by atoms with E-state index >= 15 is 0 Å². The van der Waals surface area contributed by atoms with Gasteiger partial charge in [-0.05, 0) is 60.4 Å². The van der Waals surface area contributed by atoms with Gasteiger partial charge in [-0.2, -0.15) is 0 Å². The highest BCUT2D eigenvalue weighted by Crippen LogP contribution is 2.22. The molecule has 3 heterocycles. The maximum Gasteiger partial charge on any atom is 0.300 e. The lowest BCUT2D eigenvalue weighted by Gasteiger charge is -2.32. The van der Waals surface area contributed by atoms with Crippen LogP contribution < -0.4 is 4.72 Å². The highest BCUT2D eigenvalue weighted by molar-refractivity contribution is 7.89. The van der Waals surface area contributed by atoms with Crippen molar-refractivity contribution >= 4 is 22.0 Å². The van der Waals surface area contributed by atoms with Crippen molar-refractivity contribution in [3.8, 4) is 11.3 Å². The number of H-pyrrole nitrogens is 1. The van der Waals surface area contributed by atoms with Gasteiger partial charge in [0.05, 0.1) is 4.90 Å². The number of pyridine rings is 1. The predicted octanol–water partition coefficient (Wildman–Crippen LogP) is 3.20. The monoisotopic (exact) mass is 516 g/mol. The minimum Gasteiger partial charge on any atom is -0.481 e. The average molecular weight is 517 g/mol. The van der Waals surface area contributed by atoms with E-state index in [0.717, 1.165) is 57.6 Å². The molecule has 0 spiro atoms. The van der Waals surface area contributed by atoms with Crippen molar-refractivity contribution < 1.29 is 28.2 Å². The molecule has 0 amide bonds. The molecule has 11 heteroatoms. The molecule has 10 nitrogen and oxygen atoms in total. The van der Waals surface area contributed by atoms with Crippen molar-refractivity contribution in [1.29, 1.82) is 0 Å². The number of likely N-dealkylation sites (tertiary alicyclic amines) is 1. The number of aliphatic carboxylic acids is 2. The fourth-order valence-electron chi connectivity index (χ4n) is 3.58. The highest BCUT2D eigenvalue weighted by Gasteiger charge is 2.25. The quantitative estimate of drug-likeness (QED) is 0.390. The van der Waals surface area contributed by atoms with Gasteiger partial charge in [-0.3, -0.25) is 19.5 Å². The summed E-state index contributed by atoms with van der Waals surface area (Å²) in [5, 5.41) is 14.8. The molecule has 1 aliphatic rings. The standard InChI is InChI=1S/C21H24N4O2S.2C2H4O2/c26-28(27,20-4-1-3-18(15-20)21-5-2-10-23-21)24-19-8-13-25(14-9-19)16-17-6-11-22-12-7-17;2*1-2(3)4/h1-7,10-12,15,19,23-24H,8-9,13-14,16H2;2*1H3,(H,3,4). The van der Waals surface area contributed by atoms with Gasteiger partial charge in [0, 0.05) is 63.8 Å². The summed E-state index contributed by atoms with van der Waals surface area (Å²) in [4.78, 5) is 27.8. The zero-order valence-electron chi connectivity index (χ0n) is 20.3. The Balaban J connectivity index is 0.000000501. The van der Waals surface area contributed by atoms with Gasteiger partial charge in [0.25, 0.3) is 11.9 Å². The topological polar surface area (TPSA) is 153 Å².